The molecule has 1 aliphatic heterocycles. The number of hydrogen-bond donors (Lipinski definition) is 0. The largest absolute Gasteiger partial charge is 0.264 e. The molecule has 1 aromatic rings. The third-order valence-corrected chi connectivity index (χ3v) is 4.73. The summed E-state index contributed by atoms with van der Waals surface area (Å²) in [5.41, 5.74) is 1.21. The normalized spacial score (nSPS) is 23.8. The van der Waals surface area contributed by atoms with Gasteiger partial charge in [-0.1, -0.05) is 31.4 Å². The summed E-state index contributed by atoms with van der Waals surface area (Å²) >= 11 is 0. The molecule has 16 heavy (non-hydrogen) atoms. The molecule has 1 aliphatic rings. The summed E-state index contributed by atoms with van der Waals surface area (Å²) in [5.74, 6) is 0. The first-order chi connectivity index (χ1) is 7.46. The van der Waals surface area contributed by atoms with Crippen LogP contribution >= 0.6 is 0 Å². The summed E-state index contributed by atoms with van der Waals surface area (Å²) in [6.45, 7) is 9.16. The monoisotopic (exact) mass is 235 g/mol. The lowest BCUT2D eigenvalue weighted by molar-refractivity contribution is 0.600. The second-order valence-electron chi connectivity index (χ2n) is 3.76. The SMILES string of the molecule is C=C1C(=C)S(=O)(=O)N(c2ccccc2)C1C. The Morgan fingerprint density at radius 2 is 1.75 bits per heavy atom. The molecule has 1 saturated heterocycles. The van der Waals surface area contributed by atoms with E-state index in [-0.39, 0.29) is 10.9 Å². The van der Waals surface area contributed by atoms with Crippen molar-refractivity contribution in [1.82, 2.24) is 0 Å². The minimum atomic E-state index is -3.48. The zero-order chi connectivity index (χ0) is 11.9. The van der Waals surface area contributed by atoms with Gasteiger partial charge in [0.1, 0.15) is 0 Å². The molecular weight excluding hydrogens is 222 g/mol. The second kappa shape index (κ2) is 3.49. The first kappa shape index (κ1) is 11.0. The zero-order valence-electron chi connectivity index (χ0n) is 9.05. The van der Waals surface area contributed by atoms with Crippen LogP contribution in [0, 0.1) is 0 Å². The number of nitrogens with zero attached hydrogens (tertiary/aromatic N) is 1. The van der Waals surface area contributed by atoms with E-state index in [0.717, 1.165) is 0 Å². The summed E-state index contributed by atoms with van der Waals surface area (Å²) in [4.78, 5) is 0.115. The Labute approximate surface area is 95.8 Å². The molecule has 0 N–H and O–H groups in total. The molecule has 1 fully saturated rings. The van der Waals surface area contributed by atoms with E-state index in [1.807, 2.05) is 13.0 Å². The van der Waals surface area contributed by atoms with E-state index in [2.05, 4.69) is 13.2 Å². The van der Waals surface area contributed by atoms with Crippen LogP contribution in [0.1, 0.15) is 6.92 Å². The van der Waals surface area contributed by atoms with Crippen LogP contribution in [0.3, 0.4) is 0 Å². The molecule has 0 spiro atoms. The number of hydrogen-bond acceptors (Lipinski definition) is 2. The lowest BCUT2D eigenvalue weighted by Crippen LogP contribution is -2.31. The molecule has 1 unspecified atom stereocenters. The average Bonchev–Trinajstić information content (AvgIpc) is 2.41. The quantitative estimate of drug-likeness (QED) is 0.749. The molecule has 0 bridgehead atoms. The Bertz CT molecular complexity index is 546. The van der Waals surface area contributed by atoms with E-state index in [1.165, 1.54) is 4.31 Å². The van der Waals surface area contributed by atoms with Crippen molar-refractivity contribution >= 4 is 15.7 Å². The van der Waals surface area contributed by atoms with Crippen molar-refractivity contribution in [3.8, 4) is 0 Å². The highest BCUT2D eigenvalue weighted by Crippen LogP contribution is 2.37. The van der Waals surface area contributed by atoms with E-state index >= 15 is 0 Å². The maximum absolute atomic E-state index is 12.1. The summed E-state index contributed by atoms with van der Waals surface area (Å²) in [6, 6.07) is 8.73. The number of rotatable bonds is 1. The molecule has 0 aliphatic carbocycles. The lowest BCUT2D eigenvalue weighted by atomic mass is 10.1. The molecule has 0 radical (unpaired) electrons. The van der Waals surface area contributed by atoms with Crippen LogP contribution in [0.25, 0.3) is 0 Å². The van der Waals surface area contributed by atoms with Gasteiger partial charge < -0.3 is 0 Å². The molecule has 0 amide bonds. The van der Waals surface area contributed by atoms with Crippen molar-refractivity contribution in [1.29, 1.82) is 0 Å². The van der Waals surface area contributed by atoms with Gasteiger partial charge in [0.2, 0.25) is 0 Å². The third kappa shape index (κ3) is 1.38. The van der Waals surface area contributed by atoms with Gasteiger partial charge in [-0.2, -0.15) is 0 Å². The molecule has 1 aromatic carbocycles. The average molecular weight is 235 g/mol. The number of sulfonamides is 1. The highest BCUT2D eigenvalue weighted by atomic mass is 32.2. The number of benzene rings is 1. The second-order valence-corrected chi connectivity index (χ2v) is 5.60. The number of anilines is 1. The molecule has 0 aromatic heterocycles. The Morgan fingerprint density at radius 3 is 2.19 bits per heavy atom. The molecule has 1 heterocycles. The van der Waals surface area contributed by atoms with Crippen LogP contribution in [-0.4, -0.2) is 14.5 Å². The first-order valence-electron chi connectivity index (χ1n) is 4.94. The van der Waals surface area contributed by atoms with E-state index in [9.17, 15) is 8.42 Å². The Morgan fingerprint density at radius 1 is 1.19 bits per heavy atom. The highest BCUT2D eigenvalue weighted by molar-refractivity contribution is 7.97. The summed E-state index contributed by atoms with van der Waals surface area (Å²) in [7, 11) is -3.48. The van der Waals surface area contributed by atoms with E-state index in [4.69, 9.17) is 0 Å². The van der Waals surface area contributed by atoms with Crippen LogP contribution in [-0.2, 0) is 10.0 Å². The van der Waals surface area contributed by atoms with Crippen molar-refractivity contribution < 1.29 is 8.42 Å². The van der Waals surface area contributed by atoms with E-state index in [1.54, 1.807) is 24.3 Å². The smallest absolute Gasteiger partial charge is 0.259 e. The fourth-order valence-corrected chi connectivity index (χ4v) is 3.49. The summed E-state index contributed by atoms with van der Waals surface area (Å²) in [6.07, 6.45) is 0. The van der Waals surface area contributed by atoms with Gasteiger partial charge in [0.25, 0.3) is 10.0 Å². The van der Waals surface area contributed by atoms with Gasteiger partial charge in [0.05, 0.1) is 16.6 Å². The molecule has 84 valence electrons. The summed E-state index contributed by atoms with van der Waals surface area (Å²) in [5, 5.41) is 0. The molecule has 0 saturated carbocycles. The molecule has 4 heteroatoms. The van der Waals surface area contributed by atoms with Gasteiger partial charge >= 0.3 is 0 Å². The van der Waals surface area contributed by atoms with Gasteiger partial charge in [-0.05, 0) is 24.6 Å². The maximum Gasteiger partial charge on any atom is 0.264 e. The van der Waals surface area contributed by atoms with Gasteiger partial charge in [0, 0.05) is 0 Å². The van der Waals surface area contributed by atoms with Gasteiger partial charge in [-0.3, -0.25) is 4.31 Å². The van der Waals surface area contributed by atoms with Crippen molar-refractivity contribution in [2.75, 3.05) is 4.31 Å². The molecule has 2 rings (SSSR count). The van der Waals surface area contributed by atoms with Gasteiger partial charge in [-0.25, -0.2) is 8.42 Å². The predicted octanol–water partition coefficient (Wildman–Crippen LogP) is 2.29. The molecule has 1 atom stereocenters. The van der Waals surface area contributed by atoms with Gasteiger partial charge in [-0.15, -0.1) is 0 Å². The maximum atomic E-state index is 12.1. The standard InChI is InChI=1S/C12H13NO2S/c1-9-10(2)13(16(14,15)11(9)3)12-7-5-4-6-8-12/h4-8,10H,1,3H2,2H3. The first-order valence-corrected chi connectivity index (χ1v) is 6.38. The van der Waals surface area contributed by atoms with Crippen molar-refractivity contribution in [3.05, 3.63) is 54.0 Å². The van der Waals surface area contributed by atoms with E-state index in [0.29, 0.717) is 11.3 Å². The van der Waals surface area contributed by atoms with Crippen molar-refractivity contribution in [2.45, 2.75) is 13.0 Å². The minimum Gasteiger partial charge on any atom is -0.259 e. The predicted molar refractivity (Wildman–Crippen MR) is 65.6 cm³/mol. The lowest BCUT2D eigenvalue weighted by Gasteiger charge is -2.21. The van der Waals surface area contributed by atoms with Crippen LogP contribution in [0.5, 0.6) is 0 Å². The van der Waals surface area contributed by atoms with Gasteiger partial charge in [0.15, 0.2) is 0 Å². The Balaban J connectivity index is 2.59. The topological polar surface area (TPSA) is 37.4 Å². The van der Waals surface area contributed by atoms with Crippen LogP contribution in [0.4, 0.5) is 5.69 Å². The third-order valence-electron chi connectivity index (χ3n) is 2.80. The highest BCUT2D eigenvalue weighted by Gasteiger charge is 2.40. The molecule has 3 nitrogen and oxygen atoms in total. The van der Waals surface area contributed by atoms with Crippen LogP contribution in [0.15, 0.2) is 54.0 Å². The van der Waals surface area contributed by atoms with Crippen molar-refractivity contribution in [3.63, 3.8) is 0 Å². The van der Waals surface area contributed by atoms with Crippen LogP contribution in [0.2, 0.25) is 0 Å². The zero-order valence-corrected chi connectivity index (χ0v) is 9.87. The molecular formula is C12H13NO2S. The fourth-order valence-electron chi connectivity index (χ4n) is 1.80. The Kier molecular flexibility index (Phi) is 2.39. The number of para-hydroxylation sites is 1. The Hall–Kier alpha value is -1.55. The summed E-state index contributed by atoms with van der Waals surface area (Å²) < 4.78 is 25.5. The van der Waals surface area contributed by atoms with Crippen molar-refractivity contribution in [2.24, 2.45) is 0 Å². The van der Waals surface area contributed by atoms with E-state index < -0.39 is 10.0 Å². The van der Waals surface area contributed by atoms with Crippen LogP contribution < -0.4 is 4.31 Å². The minimum absolute atomic E-state index is 0.115. The fraction of sp³-hybridized carbons (Fsp3) is 0.167.